The Bertz CT molecular complexity index is 3760. The molecule has 0 N–H and O–H groups in total. The van der Waals surface area contributed by atoms with Crippen LogP contribution in [0.25, 0.3) is 130 Å². The van der Waals surface area contributed by atoms with E-state index in [2.05, 4.69) is 181 Å². The SMILES string of the molecule is c1ccc2cc3c(cc2c1)oc1cccc(-c2c4ccccc4c(-c4cc5oc6ccccc6c5c5c(-c6cccc7ccccc67)csc45)c4ccccc24)c13. The predicted octanol–water partition coefficient (Wildman–Crippen LogP) is 16.3. The first-order valence-corrected chi connectivity index (χ1v) is 20.3. The fraction of sp³-hybridized carbons (Fsp3) is 0. The van der Waals surface area contributed by atoms with Gasteiger partial charge in [-0.15, -0.1) is 11.3 Å². The monoisotopic (exact) mass is 742 g/mol. The van der Waals surface area contributed by atoms with Crippen molar-refractivity contribution in [3.8, 4) is 33.4 Å². The second-order valence-corrected chi connectivity index (χ2v) is 16.0. The largest absolute Gasteiger partial charge is 0.456 e. The highest BCUT2D eigenvalue weighted by atomic mass is 32.1. The minimum Gasteiger partial charge on any atom is -0.456 e. The molecule has 0 aliphatic carbocycles. The molecular weight excluding hydrogens is 713 g/mol. The lowest BCUT2D eigenvalue weighted by Crippen LogP contribution is -1.92. The van der Waals surface area contributed by atoms with E-state index in [0.717, 1.165) is 38.5 Å². The Labute approximate surface area is 330 Å². The smallest absolute Gasteiger partial charge is 0.136 e. The van der Waals surface area contributed by atoms with Crippen LogP contribution in [0.4, 0.5) is 0 Å². The minimum atomic E-state index is 0.895. The van der Waals surface area contributed by atoms with E-state index in [1.165, 1.54) is 91.9 Å². The topological polar surface area (TPSA) is 26.3 Å². The molecule has 0 bridgehead atoms. The van der Waals surface area contributed by atoms with Crippen molar-refractivity contribution in [2.24, 2.45) is 0 Å². The Hall–Kier alpha value is -7.20. The average molecular weight is 743 g/mol. The number of benzene rings is 10. The van der Waals surface area contributed by atoms with E-state index in [1.54, 1.807) is 0 Å². The molecule has 0 radical (unpaired) electrons. The van der Waals surface area contributed by atoms with Gasteiger partial charge in [0.25, 0.3) is 0 Å². The lowest BCUT2D eigenvalue weighted by Gasteiger charge is -2.19. The molecule has 13 aromatic rings. The molecule has 2 nitrogen and oxygen atoms in total. The maximum atomic E-state index is 6.79. The molecule has 264 valence electrons. The van der Waals surface area contributed by atoms with Gasteiger partial charge in [0.2, 0.25) is 0 Å². The zero-order valence-corrected chi connectivity index (χ0v) is 31.4. The van der Waals surface area contributed by atoms with Crippen molar-refractivity contribution in [2.45, 2.75) is 0 Å². The molecule has 10 aromatic carbocycles. The van der Waals surface area contributed by atoms with Crippen LogP contribution in [-0.4, -0.2) is 0 Å². The summed E-state index contributed by atoms with van der Waals surface area (Å²) in [4.78, 5) is 0. The van der Waals surface area contributed by atoms with Crippen molar-refractivity contribution in [1.82, 2.24) is 0 Å². The zero-order chi connectivity index (χ0) is 37.2. The van der Waals surface area contributed by atoms with Crippen LogP contribution in [0, 0.1) is 0 Å². The summed E-state index contributed by atoms with van der Waals surface area (Å²) in [5.74, 6) is 0. The van der Waals surface area contributed by atoms with E-state index in [4.69, 9.17) is 8.83 Å². The van der Waals surface area contributed by atoms with E-state index < -0.39 is 0 Å². The van der Waals surface area contributed by atoms with Crippen molar-refractivity contribution in [1.29, 1.82) is 0 Å². The highest BCUT2D eigenvalue weighted by Gasteiger charge is 2.25. The van der Waals surface area contributed by atoms with Crippen LogP contribution in [-0.2, 0) is 0 Å². The van der Waals surface area contributed by atoms with Gasteiger partial charge in [0.1, 0.15) is 22.3 Å². The van der Waals surface area contributed by atoms with E-state index >= 15 is 0 Å². The number of hydrogen-bond acceptors (Lipinski definition) is 3. The van der Waals surface area contributed by atoms with Gasteiger partial charge in [-0.1, -0.05) is 146 Å². The Kier molecular flexibility index (Phi) is 6.35. The predicted molar refractivity (Wildman–Crippen MR) is 243 cm³/mol. The van der Waals surface area contributed by atoms with Gasteiger partial charge in [0, 0.05) is 42.8 Å². The van der Waals surface area contributed by atoms with Crippen LogP contribution < -0.4 is 0 Å². The number of rotatable bonds is 3. The van der Waals surface area contributed by atoms with Gasteiger partial charge < -0.3 is 8.83 Å². The number of furan rings is 2. The Morgan fingerprint density at radius 1 is 0.298 bits per heavy atom. The van der Waals surface area contributed by atoms with E-state index in [-0.39, 0.29) is 0 Å². The van der Waals surface area contributed by atoms with Gasteiger partial charge in [0.05, 0.1) is 0 Å². The molecule has 0 aliphatic rings. The summed E-state index contributed by atoms with van der Waals surface area (Å²) in [6, 6.07) is 63.6. The van der Waals surface area contributed by atoms with Gasteiger partial charge >= 0.3 is 0 Å². The number of hydrogen-bond donors (Lipinski definition) is 0. The molecule has 57 heavy (non-hydrogen) atoms. The normalized spacial score (nSPS) is 12.2. The van der Waals surface area contributed by atoms with Crippen molar-refractivity contribution >= 4 is 108 Å². The fourth-order valence-electron chi connectivity index (χ4n) is 9.70. The van der Waals surface area contributed by atoms with Gasteiger partial charge in [-0.2, -0.15) is 0 Å². The summed E-state index contributed by atoms with van der Waals surface area (Å²) in [6.45, 7) is 0. The molecule has 13 rings (SSSR count). The van der Waals surface area contributed by atoms with Crippen LogP contribution in [0.5, 0.6) is 0 Å². The first-order valence-electron chi connectivity index (χ1n) is 19.4. The number of fused-ring (bicyclic) bond motifs is 12. The molecule has 0 amide bonds. The Balaban J connectivity index is 1.17. The second kappa shape index (κ2) is 11.7. The van der Waals surface area contributed by atoms with Crippen LogP contribution in [0.15, 0.2) is 190 Å². The third-order valence-corrected chi connectivity index (χ3v) is 13.1. The first kappa shape index (κ1) is 31.1. The van der Waals surface area contributed by atoms with Crippen LogP contribution in [0.1, 0.15) is 0 Å². The quantitative estimate of drug-likeness (QED) is 0.169. The summed E-state index contributed by atoms with van der Waals surface area (Å²) in [6.07, 6.45) is 0. The van der Waals surface area contributed by atoms with Gasteiger partial charge in [0.15, 0.2) is 0 Å². The zero-order valence-electron chi connectivity index (χ0n) is 30.5. The van der Waals surface area contributed by atoms with Crippen LogP contribution >= 0.6 is 11.3 Å². The maximum Gasteiger partial charge on any atom is 0.136 e. The van der Waals surface area contributed by atoms with Crippen molar-refractivity contribution < 1.29 is 8.83 Å². The molecule has 0 saturated heterocycles. The van der Waals surface area contributed by atoms with Crippen LogP contribution in [0.2, 0.25) is 0 Å². The lowest BCUT2D eigenvalue weighted by molar-refractivity contribution is 0.669. The molecule has 0 spiro atoms. The number of para-hydroxylation sites is 1. The Morgan fingerprint density at radius 2 is 0.842 bits per heavy atom. The van der Waals surface area contributed by atoms with Crippen molar-refractivity contribution in [2.75, 3.05) is 0 Å². The summed E-state index contributed by atoms with van der Waals surface area (Å²) in [5, 5.41) is 17.9. The van der Waals surface area contributed by atoms with Crippen LogP contribution in [0.3, 0.4) is 0 Å². The highest BCUT2D eigenvalue weighted by molar-refractivity contribution is 7.18. The molecule has 0 fully saturated rings. The standard InChI is InChI=1S/C54H30O2S/c1-2-15-33-28-47-42(27-32(33)14-1)51-41(24-12-26-46(51)56-47)49-36-18-5-7-20-38(36)50(39-21-8-6-19-37(39)49)43-29-48-52(40-22-9-10-25-45(40)55-48)53-44(30-57-54(43)53)35-23-11-16-31-13-3-4-17-34(31)35/h1-30H. The first-order chi connectivity index (χ1) is 28.3. The third kappa shape index (κ3) is 4.35. The minimum absolute atomic E-state index is 0.895. The molecule has 0 aliphatic heterocycles. The molecular formula is C54H30O2S. The van der Waals surface area contributed by atoms with Gasteiger partial charge in [-0.25, -0.2) is 0 Å². The molecule has 0 atom stereocenters. The van der Waals surface area contributed by atoms with Gasteiger partial charge in [-0.3, -0.25) is 0 Å². The third-order valence-electron chi connectivity index (χ3n) is 12.1. The summed E-state index contributed by atoms with van der Waals surface area (Å²) >= 11 is 1.83. The lowest BCUT2D eigenvalue weighted by atomic mass is 9.84. The summed E-state index contributed by atoms with van der Waals surface area (Å²) in [7, 11) is 0. The Morgan fingerprint density at radius 3 is 1.60 bits per heavy atom. The average Bonchev–Trinajstić information content (AvgIpc) is 3.97. The van der Waals surface area contributed by atoms with E-state index in [0.29, 0.717) is 0 Å². The summed E-state index contributed by atoms with van der Waals surface area (Å²) < 4.78 is 14.7. The van der Waals surface area contributed by atoms with Crippen molar-refractivity contribution in [3.63, 3.8) is 0 Å². The summed E-state index contributed by atoms with van der Waals surface area (Å²) in [5.41, 5.74) is 10.9. The molecule has 3 heterocycles. The van der Waals surface area contributed by atoms with Crippen molar-refractivity contribution in [3.05, 3.63) is 181 Å². The van der Waals surface area contributed by atoms with Gasteiger partial charge in [-0.05, 0) is 101 Å². The number of thiophene rings is 1. The second-order valence-electron chi connectivity index (χ2n) is 15.1. The maximum absolute atomic E-state index is 6.79. The van der Waals surface area contributed by atoms with E-state index in [1.807, 2.05) is 11.3 Å². The molecule has 0 saturated carbocycles. The highest BCUT2D eigenvalue weighted by Crippen LogP contribution is 2.52. The molecule has 3 aromatic heterocycles. The molecule has 0 unspecified atom stereocenters. The van der Waals surface area contributed by atoms with E-state index in [9.17, 15) is 0 Å². The molecule has 3 heteroatoms. The fourth-order valence-corrected chi connectivity index (χ4v) is 10.8.